The number of aryl methyl sites for hydroxylation is 2. The maximum Gasteiger partial charge on any atom is 3.00 e. The van der Waals surface area contributed by atoms with Gasteiger partial charge >= 0.3 is 22.4 Å². The molecule has 0 bridgehead atoms. The third-order valence-electron chi connectivity index (χ3n) is 7.15. The summed E-state index contributed by atoms with van der Waals surface area (Å²) in [6.45, 7) is 4.27. The summed E-state index contributed by atoms with van der Waals surface area (Å²) in [5, 5.41) is 8.66. The summed E-state index contributed by atoms with van der Waals surface area (Å²) in [5.74, 6) is 3.37. The molecule has 0 atom stereocenters. The molecule has 0 unspecified atom stereocenters. The minimum atomic E-state index is 0. The third-order valence-corrected chi connectivity index (χ3v) is 7.15. The Hall–Kier alpha value is -5.25. The summed E-state index contributed by atoms with van der Waals surface area (Å²) in [4.78, 5) is 4.37. The molecule has 5 nitrogen and oxygen atoms in total. The molecule has 0 aliphatic carbocycles. The van der Waals surface area contributed by atoms with Crippen LogP contribution in [0.1, 0.15) is 16.7 Å². The van der Waals surface area contributed by atoms with Gasteiger partial charge in [-0.05, 0) is 43.2 Å². The molecule has 0 fully saturated rings. The Bertz CT molecular complexity index is 2050. The zero-order chi connectivity index (χ0) is 30.3. The summed E-state index contributed by atoms with van der Waals surface area (Å²) in [6.07, 6.45) is 8.41. The molecule has 6 heteroatoms. The maximum absolute atomic E-state index is 6.69. The van der Waals surface area contributed by atoms with Gasteiger partial charge in [0.1, 0.15) is 0 Å². The van der Waals surface area contributed by atoms with Crippen LogP contribution >= 0.6 is 0 Å². The van der Waals surface area contributed by atoms with E-state index >= 15 is 0 Å². The molecule has 0 saturated heterocycles. The van der Waals surface area contributed by atoms with Crippen LogP contribution in [0.15, 0.2) is 134 Å². The first-order valence-electron chi connectivity index (χ1n) is 14.2. The predicted molar refractivity (Wildman–Crippen MR) is 173 cm³/mol. The molecule has 0 N–H and O–H groups in total. The minimum Gasteiger partial charge on any atom is -0.465 e. The third kappa shape index (κ3) is 7.12. The van der Waals surface area contributed by atoms with E-state index in [1.165, 1.54) is 11.1 Å². The van der Waals surface area contributed by atoms with E-state index in [0.29, 0.717) is 11.6 Å². The fraction of sp³-hybridized carbons (Fsp3) is 0.0513. The first kappa shape index (κ1) is 31.2. The Morgan fingerprint density at radius 2 is 1.42 bits per heavy atom. The van der Waals surface area contributed by atoms with Gasteiger partial charge in [-0.15, -0.1) is 28.9 Å². The Labute approximate surface area is 279 Å². The number of fused-ring (bicyclic) bond motifs is 1. The topological polar surface area (TPSA) is 53.0 Å². The van der Waals surface area contributed by atoms with E-state index < -0.39 is 0 Å². The van der Waals surface area contributed by atoms with Gasteiger partial charge in [-0.25, -0.2) is 4.98 Å². The molecule has 5 aromatic carbocycles. The van der Waals surface area contributed by atoms with Crippen molar-refractivity contribution >= 4 is 11.0 Å². The SMILES string of the molecule is Cc1cc(-c2ccccc2)cc(C)c1-c1ccc(-[n+]2[n-]nc3ccccc32)[c-]c1Oc1ccccn1.[Au+3].[C-]#Cc1ccccc1. The van der Waals surface area contributed by atoms with Crippen molar-refractivity contribution in [2.75, 3.05) is 0 Å². The van der Waals surface area contributed by atoms with Gasteiger partial charge < -0.3 is 15.8 Å². The van der Waals surface area contributed by atoms with E-state index in [2.05, 4.69) is 83.6 Å². The molecule has 220 valence electrons. The molecule has 0 aliphatic heterocycles. The summed E-state index contributed by atoms with van der Waals surface area (Å²) in [6, 6.07) is 45.3. The zero-order valence-electron chi connectivity index (χ0n) is 24.7. The van der Waals surface area contributed by atoms with Crippen LogP contribution in [-0.4, -0.2) is 10.1 Å². The Morgan fingerprint density at radius 3 is 2.09 bits per heavy atom. The number of benzene rings is 5. The van der Waals surface area contributed by atoms with Crippen LogP contribution in [0.5, 0.6) is 11.6 Å². The normalized spacial score (nSPS) is 10.2. The number of hydrogen-bond donors (Lipinski definition) is 0. The molecular formula is C39H28AuN4O+. The Kier molecular flexibility index (Phi) is 10.0. The maximum atomic E-state index is 6.69. The zero-order valence-corrected chi connectivity index (χ0v) is 26.9. The van der Waals surface area contributed by atoms with Crippen molar-refractivity contribution in [3.05, 3.63) is 163 Å². The Balaban J connectivity index is 0.000000390. The average molecular weight is 766 g/mol. The van der Waals surface area contributed by atoms with Crippen molar-refractivity contribution in [2.45, 2.75) is 13.8 Å². The van der Waals surface area contributed by atoms with Crippen LogP contribution < -0.4 is 14.6 Å². The second kappa shape index (κ2) is 14.5. The largest absolute Gasteiger partial charge is 3.00 e. The van der Waals surface area contributed by atoms with E-state index in [4.69, 9.17) is 11.2 Å². The van der Waals surface area contributed by atoms with Crippen molar-refractivity contribution in [3.63, 3.8) is 0 Å². The van der Waals surface area contributed by atoms with Gasteiger partial charge in [0.2, 0.25) is 11.4 Å². The van der Waals surface area contributed by atoms with Gasteiger partial charge in [-0.2, -0.15) is 6.07 Å². The number of pyridine rings is 1. The number of para-hydroxylation sites is 1. The fourth-order valence-electron chi connectivity index (χ4n) is 5.13. The molecule has 7 rings (SSSR count). The van der Waals surface area contributed by atoms with Crippen molar-refractivity contribution in [1.82, 2.24) is 15.3 Å². The van der Waals surface area contributed by atoms with Gasteiger partial charge in [-0.1, -0.05) is 107 Å². The van der Waals surface area contributed by atoms with Gasteiger partial charge in [-0.3, -0.25) is 11.1 Å². The number of aromatic nitrogens is 4. The first-order valence-corrected chi connectivity index (χ1v) is 14.2. The summed E-state index contributed by atoms with van der Waals surface area (Å²) < 4.78 is 8.09. The standard InChI is InChI=1S/C31H23N4O.C8H5.Au/c1-21-18-24(23-10-4-3-5-11-23)19-22(2)31(21)26-16-15-25(20-29(26)36-30-14-8-9-17-32-30)35-28-13-7-6-12-27(28)33-34-35;1-2-8-6-4-3-5-7-8;/h3-19H,1-2H3;3-7H;/q2*-1;+3. The molecule has 7 aromatic rings. The molecule has 0 amide bonds. The van der Waals surface area contributed by atoms with Crippen LogP contribution in [0, 0.1) is 32.3 Å². The first-order chi connectivity index (χ1) is 21.6. The van der Waals surface area contributed by atoms with E-state index in [1.54, 1.807) is 10.9 Å². The van der Waals surface area contributed by atoms with Crippen LogP contribution in [0.3, 0.4) is 0 Å². The van der Waals surface area contributed by atoms with Gasteiger partial charge in [0.15, 0.2) is 5.52 Å². The smallest absolute Gasteiger partial charge is 0.465 e. The fourth-order valence-corrected chi connectivity index (χ4v) is 5.13. The van der Waals surface area contributed by atoms with Crippen LogP contribution in [0.4, 0.5) is 0 Å². The predicted octanol–water partition coefficient (Wildman–Crippen LogP) is 8.03. The average Bonchev–Trinajstić information content (AvgIpc) is 3.51. The van der Waals surface area contributed by atoms with E-state index in [1.807, 2.05) is 84.9 Å². The Morgan fingerprint density at radius 1 is 0.756 bits per heavy atom. The van der Waals surface area contributed by atoms with E-state index in [0.717, 1.165) is 44.5 Å². The van der Waals surface area contributed by atoms with E-state index in [-0.39, 0.29) is 22.4 Å². The molecule has 2 aromatic heterocycles. The number of hydrogen-bond acceptors (Lipinski definition) is 3. The van der Waals surface area contributed by atoms with Crippen LogP contribution in [0.25, 0.3) is 39.0 Å². The molecule has 0 radical (unpaired) electrons. The molecule has 2 heterocycles. The van der Waals surface area contributed by atoms with E-state index in [9.17, 15) is 0 Å². The summed E-state index contributed by atoms with van der Waals surface area (Å²) >= 11 is 0. The summed E-state index contributed by atoms with van der Waals surface area (Å²) in [5.41, 5.74) is 10.1. The van der Waals surface area contributed by atoms with Crippen molar-refractivity contribution in [1.29, 1.82) is 0 Å². The second-order valence-corrected chi connectivity index (χ2v) is 10.2. The number of ether oxygens (including phenoxy) is 1. The summed E-state index contributed by atoms with van der Waals surface area (Å²) in [7, 11) is 0. The van der Waals surface area contributed by atoms with Gasteiger partial charge in [0, 0.05) is 23.7 Å². The van der Waals surface area contributed by atoms with Crippen LogP contribution in [0.2, 0.25) is 0 Å². The van der Waals surface area contributed by atoms with Crippen molar-refractivity contribution < 1.29 is 31.8 Å². The quantitative estimate of drug-likeness (QED) is 0.0772. The molecule has 0 saturated carbocycles. The van der Waals surface area contributed by atoms with Crippen molar-refractivity contribution in [3.8, 4) is 45.5 Å². The second-order valence-electron chi connectivity index (χ2n) is 10.2. The molecular weight excluding hydrogens is 737 g/mol. The molecule has 0 spiro atoms. The van der Waals surface area contributed by atoms with Gasteiger partial charge in [0.25, 0.3) is 0 Å². The molecule has 45 heavy (non-hydrogen) atoms. The minimum absolute atomic E-state index is 0. The monoisotopic (exact) mass is 765 g/mol. The molecule has 0 aliphatic rings. The van der Waals surface area contributed by atoms with Gasteiger partial charge in [0.05, 0.1) is 0 Å². The number of rotatable bonds is 5. The van der Waals surface area contributed by atoms with Crippen molar-refractivity contribution in [2.24, 2.45) is 0 Å². The number of nitrogens with zero attached hydrogens (tertiary/aromatic N) is 4. The van der Waals surface area contributed by atoms with Crippen LogP contribution in [-0.2, 0) is 22.4 Å².